The van der Waals surface area contributed by atoms with Crippen molar-refractivity contribution in [1.29, 1.82) is 0 Å². The second-order valence-corrected chi connectivity index (χ2v) is 5.31. The number of hydrogen-bond donors (Lipinski definition) is 1. The maximum absolute atomic E-state index is 6.00. The molecule has 0 atom stereocenters. The molecular weight excluding hydrogens is 198 g/mol. The lowest BCUT2D eigenvalue weighted by Crippen LogP contribution is -2.47. The summed E-state index contributed by atoms with van der Waals surface area (Å²) >= 11 is 0. The maximum Gasteiger partial charge on any atom is 0.0738 e. The van der Waals surface area contributed by atoms with Crippen LogP contribution in [0, 0.1) is 5.41 Å². The molecule has 2 heterocycles. The molecule has 86 valence electrons. The van der Waals surface area contributed by atoms with E-state index in [0.717, 1.165) is 12.2 Å². The smallest absolute Gasteiger partial charge is 0.0738 e. The number of aromatic nitrogens is 1. The van der Waals surface area contributed by atoms with Crippen LogP contribution in [0.25, 0.3) is 0 Å². The van der Waals surface area contributed by atoms with Gasteiger partial charge in [-0.3, -0.25) is 4.98 Å². The first-order chi connectivity index (χ1) is 7.79. The summed E-state index contributed by atoms with van der Waals surface area (Å²) in [5.41, 5.74) is 8.61. The summed E-state index contributed by atoms with van der Waals surface area (Å²) in [6.07, 6.45) is 10.6. The number of anilines is 2. The van der Waals surface area contributed by atoms with E-state index in [4.69, 9.17) is 5.73 Å². The first-order valence-electron chi connectivity index (χ1n) is 6.24. The minimum Gasteiger partial charge on any atom is -0.396 e. The molecule has 1 aromatic rings. The Hall–Kier alpha value is -1.25. The molecule has 2 fully saturated rings. The summed E-state index contributed by atoms with van der Waals surface area (Å²) in [5, 5.41) is 0. The van der Waals surface area contributed by atoms with Gasteiger partial charge in [0, 0.05) is 19.3 Å². The zero-order valence-corrected chi connectivity index (χ0v) is 9.65. The predicted octanol–water partition coefficient (Wildman–Crippen LogP) is 2.43. The van der Waals surface area contributed by atoms with Crippen LogP contribution in [0.3, 0.4) is 0 Å². The van der Waals surface area contributed by atoms with Crippen molar-refractivity contribution in [1.82, 2.24) is 4.98 Å². The standard InChI is InChI=1S/C13H19N3/c14-11-9-15-7-3-12(11)16-8-2-6-13(10-16)4-1-5-13/h3,7,9H,1-2,4-6,8,10,14H2. The molecule has 3 rings (SSSR count). The number of nitrogens with zero attached hydrogens (tertiary/aromatic N) is 2. The third kappa shape index (κ3) is 1.55. The van der Waals surface area contributed by atoms with Crippen molar-refractivity contribution in [2.75, 3.05) is 23.7 Å². The Bertz CT molecular complexity index is 385. The van der Waals surface area contributed by atoms with E-state index in [-0.39, 0.29) is 0 Å². The normalized spacial score (nSPS) is 23.1. The molecule has 1 saturated heterocycles. The summed E-state index contributed by atoms with van der Waals surface area (Å²) in [5.74, 6) is 0. The largest absolute Gasteiger partial charge is 0.396 e. The summed E-state index contributed by atoms with van der Waals surface area (Å²) in [7, 11) is 0. The van der Waals surface area contributed by atoms with Gasteiger partial charge < -0.3 is 10.6 Å². The average Bonchev–Trinajstić information content (AvgIpc) is 2.28. The van der Waals surface area contributed by atoms with Crippen LogP contribution in [0.15, 0.2) is 18.5 Å². The van der Waals surface area contributed by atoms with E-state index in [1.54, 1.807) is 6.20 Å². The fraction of sp³-hybridized carbons (Fsp3) is 0.615. The Balaban J connectivity index is 1.82. The topological polar surface area (TPSA) is 42.1 Å². The SMILES string of the molecule is Nc1cnccc1N1CCCC2(CCC2)C1. The number of hydrogen-bond acceptors (Lipinski definition) is 3. The molecule has 2 N–H and O–H groups in total. The van der Waals surface area contributed by atoms with E-state index in [9.17, 15) is 0 Å². The number of rotatable bonds is 1. The molecule has 2 aliphatic rings. The summed E-state index contributed by atoms with van der Waals surface area (Å²) in [6.45, 7) is 2.34. The minimum absolute atomic E-state index is 0.619. The van der Waals surface area contributed by atoms with E-state index in [1.165, 1.54) is 44.3 Å². The number of pyridine rings is 1. The number of nitrogen functional groups attached to an aromatic ring is 1. The maximum atomic E-state index is 6.00. The second-order valence-electron chi connectivity index (χ2n) is 5.31. The Labute approximate surface area is 96.7 Å². The molecule has 1 saturated carbocycles. The Morgan fingerprint density at radius 2 is 2.06 bits per heavy atom. The van der Waals surface area contributed by atoms with Gasteiger partial charge in [-0.05, 0) is 37.2 Å². The second kappa shape index (κ2) is 3.65. The van der Waals surface area contributed by atoms with Crippen LogP contribution in [0.2, 0.25) is 0 Å². The highest BCUT2D eigenvalue weighted by atomic mass is 15.2. The van der Waals surface area contributed by atoms with E-state index < -0.39 is 0 Å². The predicted molar refractivity (Wildman–Crippen MR) is 66.4 cm³/mol. The van der Waals surface area contributed by atoms with Gasteiger partial charge in [-0.15, -0.1) is 0 Å². The van der Waals surface area contributed by atoms with Crippen LogP contribution >= 0.6 is 0 Å². The molecule has 3 heteroatoms. The monoisotopic (exact) mass is 217 g/mol. The van der Waals surface area contributed by atoms with Crippen LogP contribution in [0.1, 0.15) is 32.1 Å². The van der Waals surface area contributed by atoms with Crippen molar-refractivity contribution in [3.63, 3.8) is 0 Å². The van der Waals surface area contributed by atoms with Crippen molar-refractivity contribution >= 4 is 11.4 Å². The summed E-state index contributed by atoms with van der Waals surface area (Å²) < 4.78 is 0. The van der Waals surface area contributed by atoms with Crippen molar-refractivity contribution in [3.05, 3.63) is 18.5 Å². The quantitative estimate of drug-likeness (QED) is 0.785. The molecule has 0 radical (unpaired) electrons. The molecule has 0 unspecified atom stereocenters. The minimum atomic E-state index is 0.619. The molecule has 1 aliphatic carbocycles. The van der Waals surface area contributed by atoms with Crippen molar-refractivity contribution < 1.29 is 0 Å². The van der Waals surface area contributed by atoms with E-state index in [2.05, 4.69) is 9.88 Å². The number of nitrogens with two attached hydrogens (primary N) is 1. The van der Waals surface area contributed by atoms with Gasteiger partial charge in [0.2, 0.25) is 0 Å². The van der Waals surface area contributed by atoms with E-state index in [0.29, 0.717) is 5.41 Å². The van der Waals surface area contributed by atoms with Crippen molar-refractivity contribution in [2.24, 2.45) is 5.41 Å². The highest BCUT2D eigenvalue weighted by Crippen LogP contribution is 2.48. The molecule has 0 bridgehead atoms. The van der Waals surface area contributed by atoms with Crippen molar-refractivity contribution in [3.8, 4) is 0 Å². The van der Waals surface area contributed by atoms with Gasteiger partial charge >= 0.3 is 0 Å². The highest BCUT2D eigenvalue weighted by molar-refractivity contribution is 5.66. The van der Waals surface area contributed by atoms with E-state index >= 15 is 0 Å². The van der Waals surface area contributed by atoms with Crippen LogP contribution in [-0.2, 0) is 0 Å². The Kier molecular flexibility index (Phi) is 2.27. The summed E-state index contributed by atoms with van der Waals surface area (Å²) in [6, 6.07) is 2.05. The van der Waals surface area contributed by atoms with Gasteiger partial charge in [0.1, 0.15) is 0 Å². The zero-order chi connectivity index (χ0) is 11.0. The molecule has 1 aliphatic heterocycles. The van der Waals surface area contributed by atoms with Gasteiger partial charge in [-0.2, -0.15) is 0 Å². The zero-order valence-electron chi connectivity index (χ0n) is 9.65. The van der Waals surface area contributed by atoms with Gasteiger partial charge in [0.15, 0.2) is 0 Å². The first-order valence-corrected chi connectivity index (χ1v) is 6.24. The molecule has 16 heavy (non-hydrogen) atoms. The lowest BCUT2D eigenvalue weighted by Gasteiger charge is -2.49. The lowest BCUT2D eigenvalue weighted by atomic mass is 9.64. The van der Waals surface area contributed by atoms with Crippen molar-refractivity contribution in [2.45, 2.75) is 32.1 Å². The average molecular weight is 217 g/mol. The fourth-order valence-electron chi connectivity index (χ4n) is 3.19. The Morgan fingerprint density at radius 3 is 2.75 bits per heavy atom. The van der Waals surface area contributed by atoms with Crippen LogP contribution in [0.4, 0.5) is 11.4 Å². The van der Waals surface area contributed by atoms with Crippen LogP contribution < -0.4 is 10.6 Å². The van der Waals surface area contributed by atoms with Gasteiger partial charge in [0.05, 0.1) is 17.6 Å². The fourth-order valence-corrected chi connectivity index (χ4v) is 3.19. The number of piperidine rings is 1. The molecule has 3 nitrogen and oxygen atoms in total. The first kappa shape index (κ1) is 9.94. The third-order valence-electron chi connectivity index (χ3n) is 4.24. The molecule has 0 aromatic carbocycles. The van der Waals surface area contributed by atoms with E-state index in [1.807, 2.05) is 12.3 Å². The van der Waals surface area contributed by atoms with Crippen LogP contribution in [-0.4, -0.2) is 18.1 Å². The lowest BCUT2D eigenvalue weighted by molar-refractivity contribution is 0.108. The third-order valence-corrected chi connectivity index (χ3v) is 4.24. The molecule has 1 aromatic heterocycles. The highest BCUT2D eigenvalue weighted by Gasteiger charge is 2.40. The Morgan fingerprint density at radius 1 is 1.25 bits per heavy atom. The molecule has 0 amide bonds. The van der Waals surface area contributed by atoms with Crippen LogP contribution in [0.5, 0.6) is 0 Å². The molecular formula is C13H19N3. The van der Waals surface area contributed by atoms with Gasteiger partial charge in [-0.1, -0.05) is 6.42 Å². The van der Waals surface area contributed by atoms with Gasteiger partial charge in [-0.25, -0.2) is 0 Å². The summed E-state index contributed by atoms with van der Waals surface area (Å²) in [4.78, 5) is 6.52. The van der Waals surface area contributed by atoms with Gasteiger partial charge in [0.25, 0.3) is 0 Å². The molecule has 1 spiro atoms.